The first-order valence-corrected chi connectivity index (χ1v) is 10.8. The number of piperidine rings is 1. The molecule has 1 aliphatic heterocycles. The molecule has 1 aliphatic carbocycles. The van der Waals surface area contributed by atoms with Crippen molar-refractivity contribution in [2.24, 2.45) is 0 Å². The fourth-order valence-electron chi connectivity index (χ4n) is 3.14. The molecule has 1 saturated carbocycles. The van der Waals surface area contributed by atoms with Crippen LogP contribution in [-0.4, -0.2) is 40.9 Å². The zero-order valence-electron chi connectivity index (χ0n) is 13.9. The molecule has 0 N–H and O–H groups in total. The monoisotopic (exact) mass is 394 g/mol. The molecule has 138 valence electrons. The second-order valence-electron chi connectivity index (χ2n) is 6.68. The van der Waals surface area contributed by atoms with Gasteiger partial charge in [-0.1, -0.05) is 0 Å². The predicted molar refractivity (Wildman–Crippen MR) is 95.7 cm³/mol. The van der Waals surface area contributed by atoms with Gasteiger partial charge < -0.3 is 0 Å². The van der Waals surface area contributed by atoms with Crippen LogP contribution in [-0.2, 0) is 10.0 Å². The number of rotatable bonds is 5. The Morgan fingerprint density at radius 2 is 1.54 bits per heavy atom. The van der Waals surface area contributed by atoms with Gasteiger partial charge in [-0.15, -0.1) is 21.5 Å². The molecular formula is C16H18N4O4S2. The summed E-state index contributed by atoms with van der Waals surface area (Å²) in [5, 5.41) is 21.4. The predicted octanol–water partition coefficient (Wildman–Crippen LogP) is 2.89. The quantitative estimate of drug-likeness (QED) is 0.570. The second kappa shape index (κ2) is 6.67. The molecule has 10 heteroatoms. The number of hydrogen-bond donors (Lipinski definition) is 0. The first-order chi connectivity index (χ1) is 12.4. The molecule has 8 nitrogen and oxygen atoms in total. The standard InChI is InChI=1S/C16H18N4O4S2/c21-20(22)13-3-5-14(6-4-13)26(23,24)19-9-7-12(8-10-19)16-18-17-15(25-16)11-1-2-11/h3-6,11-12H,1-2,7-10H2. The molecule has 1 aromatic carbocycles. The van der Waals surface area contributed by atoms with E-state index in [0.29, 0.717) is 31.8 Å². The summed E-state index contributed by atoms with van der Waals surface area (Å²) in [7, 11) is -3.63. The van der Waals surface area contributed by atoms with Crippen LogP contribution in [0.4, 0.5) is 5.69 Å². The van der Waals surface area contributed by atoms with Crippen molar-refractivity contribution < 1.29 is 13.3 Å². The van der Waals surface area contributed by atoms with Crippen molar-refractivity contribution in [3.05, 3.63) is 44.4 Å². The van der Waals surface area contributed by atoms with Gasteiger partial charge in [-0.2, -0.15) is 4.31 Å². The Balaban J connectivity index is 1.43. The van der Waals surface area contributed by atoms with Crippen molar-refractivity contribution in [2.45, 2.75) is 42.4 Å². The van der Waals surface area contributed by atoms with Gasteiger partial charge in [0.1, 0.15) is 10.0 Å². The third kappa shape index (κ3) is 3.36. The van der Waals surface area contributed by atoms with Crippen LogP contribution < -0.4 is 0 Å². The van der Waals surface area contributed by atoms with E-state index in [1.54, 1.807) is 11.3 Å². The lowest BCUT2D eigenvalue weighted by molar-refractivity contribution is -0.384. The Morgan fingerprint density at radius 1 is 1.00 bits per heavy atom. The van der Waals surface area contributed by atoms with E-state index in [1.807, 2.05) is 0 Å². The van der Waals surface area contributed by atoms with Crippen molar-refractivity contribution in [1.29, 1.82) is 0 Å². The van der Waals surface area contributed by atoms with Gasteiger partial charge in [0.15, 0.2) is 0 Å². The Hall–Kier alpha value is -1.91. The molecule has 4 rings (SSSR count). The average molecular weight is 394 g/mol. The van der Waals surface area contributed by atoms with Crippen LogP contribution in [0, 0.1) is 10.1 Å². The van der Waals surface area contributed by atoms with Crippen molar-refractivity contribution in [3.63, 3.8) is 0 Å². The van der Waals surface area contributed by atoms with Crippen molar-refractivity contribution >= 4 is 27.0 Å². The second-order valence-corrected chi connectivity index (χ2v) is 9.66. The van der Waals surface area contributed by atoms with Gasteiger partial charge in [-0.25, -0.2) is 8.42 Å². The van der Waals surface area contributed by atoms with E-state index in [-0.39, 0.29) is 16.5 Å². The third-order valence-electron chi connectivity index (χ3n) is 4.87. The lowest BCUT2D eigenvalue weighted by Gasteiger charge is -2.30. The van der Waals surface area contributed by atoms with Crippen LogP contribution in [0.15, 0.2) is 29.2 Å². The number of nitro groups is 1. The van der Waals surface area contributed by atoms with Crippen LogP contribution in [0.25, 0.3) is 0 Å². The minimum Gasteiger partial charge on any atom is -0.258 e. The minimum absolute atomic E-state index is 0.0912. The Bertz CT molecular complexity index is 914. The molecular weight excluding hydrogens is 376 g/mol. The fourth-order valence-corrected chi connectivity index (χ4v) is 5.79. The van der Waals surface area contributed by atoms with Crippen molar-refractivity contribution in [1.82, 2.24) is 14.5 Å². The summed E-state index contributed by atoms with van der Waals surface area (Å²) < 4.78 is 26.9. The Morgan fingerprint density at radius 3 is 2.04 bits per heavy atom. The zero-order valence-corrected chi connectivity index (χ0v) is 15.6. The SMILES string of the molecule is O=[N+]([O-])c1ccc(S(=O)(=O)N2CCC(c3nnc(C4CC4)s3)CC2)cc1. The largest absolute Gasteiger partial charge is 0.269 e. The highest BCUT2D eigenvalue weighted by atomic mass is 32.2. The molecule has 2 fully saturated rings. The molecule has 2 aliphatic rings. The summed E-state index contributed by atoms with van der Waals surface area (Å²) in [6.45, 7) is 0.838. The number of nitro benzene ring substituents is 1. The van der Waals surface area contributed by atoms with Gasteiger partial charge in [0, 0.05) is 37.1 Å². The molecule has 0 amide bonds. The van der Waals surface area contributed by atoms with Crippen LogP contribution in [0.1, 0.15) is 47.5 Å². The molecule has 2 aromatic rings. The molecule has 0 unspecified atom stereocenters. The first-order valence-electron chi connectivity index (χ1n) is 8.53. The summed E-state index contributed by atoms with van der Waals surface area (Å²) >= 11 is 1.67. The molecule has 1 aromatic heterocycles. The van der Waals surface area contributed by atoms with Gasteiger partial charge >= 0.3 is 0 Å². The van der Waals surface area contributed by atoms with Crippen LogP contribution in [0.2, 0.25) is 0 Å². The summed E-state index contributed by atoms with van der Waals surface area (Å²) in [6, 6.07) is 5.04. The van der Waals surface area contributed by atoms with Crippen molar-refractivity contribution in [2.75, 3.05) is 13.1 Å². The lowest BCUT2D eigenvalue weighted by atomic mass is 9.99. The molecule has 0 spiro atoms. The van der Waals surface area contributed by atoms with Crippen LogP contribution >= 0.6 is 11.3 Å². The van der Waals surface area contributed by atoms with E-state index in [0.717, 1.165) is 10.0 Å². The summed E-state index contributed by atoms with van der Waals surface area (Å²) in [4.78, 5) is 10.3. The number of non-ortho nitro benzene ring substituents is 1. The van der Waals surface area contributed by atoms with Gasteiger partial charge in [0.2, 0.25) is 10.0 Å². The summed E-state index contributed by atoms with van der Waals surface area (Å²) in [5.41, 5.74) is -0.120. The van der Waals surface area contributed by atoms with E-state index >= 15 is 0 Å². The van der Waals surface area contributed by atoms with E-state index in [2.05, 4.69) is 10.2 Å². The molecule has 2 heterocycles. The number of nitrogens with zero attached hydrogens (tertiary/aromatic N) is 4. The number of sulfonamides is 1. The number of hydrogen-bond acceptors (Lipinski definition) is 7. The van der Waals surface area contributed by atoms with E-state index < -0.39 is 14.9 Å². The van der Waals surface area contributed by atoms with Crippen LogP contribution in [0.5, 0.6) is 0 Å². The summed E-state index contributed by atoms with van der Waals surface area (Å²) in [5.74, 6) is 0.840. The molecule has 0 radical (unpaired) electrons. The van der Waals surface area contributed by atoms with Crippen molar-refractivity contribution in [3.8, 4) is 0 Å². The number of aromatic nitrogens is 2. The summed E-state index contributed by atoms with van der Waals surface area (Å²) in [6.07, 6.45) is 3.82. The van der Waals surface area contributed by atoms with E-state index in [9.17, 15) is 18.5 Å². The van der Waals surface area contributed by atoms with Gasteiger partial charge in [0.25, 0.3) is 5.69 Å². The zero-order chi connectivity index (χ0) is 18.3. The highest BCUT2D eigenvalue weighted by molar-refractivity contribution is 7.89. The lowest BCUT2D eigenvalue weighted by Crippen LogP contribution is -2.37. The van der Waals surface area contributed by atoms with E-state index in [4.69, 9.17) is 0 Å². The highest BCUT2D eigenvalue weighted by Crippen LogP contribution is 2.43. The van der Waals surface area contributed by atoms with Gasteiger partial charge in [-0.3, -0.25) is 10.1 Å². The number of benzene rings is 1. The van der Waals surface area contributed by atoms with Gasteiger partial charge in [0.05, 0.1) is 9.82 Å². The maximum Gasteiger partial charge on any atom is 0.269 e. The van der Waals surface area contributed by atoms with Crippen LogP contribution in [0.3, 0.4) is 0 Å². The molecule has 0 bridgehead atoms. The maximum absolute atomic E-state index is 12.7. The normalized spacial score (nSPS) is 19.5. The smallest absolute Gasteiger partial charge is 0.258 e. The first kappa shape index (κ1) is 17.5. The molecule has 0 atom stereocenters. The maximum atomic E-state index is 12.7. The Labute approximate surface area is 155 Å². The fraction of sp³-hybridized carbons (Fsp3) is 0.500. The Kier molecular flexibility index (Phi) is 4.49. The van der Waals surface area contributed by atoms with E-state index in [1.165, 1.54) is 41.4 Å². The van der Waals surface area contributed by atoms with Gasteiger partial charge in [-0.05, 0) is 37.8 Å². The third-order valence-corrected chi connectivity index (χ3v) is 8.03. The molecule has 26 heavy (non-hydrogen) atoms. The topological polar surface area (TPSA) is 106 Å². The average Bonchev–Trinajstić information content (AvgIpc) is 3.39. The minimum atomic E-state index is -3.63. The molecule has 1 saturated heterocycles. The highest BCUT2D eigenvalue weighted by Gasteiger charge is 2.33.